The molecule has 5 heteroatoms. The maximum absolute atomic E-state index is 13.7. The molecule has 1 aromatic heterocycles. The molecule has 2 rings (SSSR count). The molecule has 1 aromatic carbocycles. The summed E-state index contributed by atoms with van der Waals surface area (Å²) < 4.78 is 14.4. The number of hydrogen-bond donors (Lipinski definition) is 2. The highest BCUT2D eigenvalue weighted by atomic mass is 79.9. The van der Waals surface area contributed by atoms with E-state index < -0.39 is 0 Å². The van der Waals surface area contributed by atoms with Crippen LogP contribution in [-0.2, 0) is 0 Å². The van der Waals surface area contributed by atoms with Crippen molar-refractivity contribution in [3.63, 3.8) is 0 Å². The molecule has 0 saturated carbocycles. The van der Waals surface area contributed by atoms with Gasteiger partial charge in [0.1, 0.15) is 17.5 Å². The molecule has 0 radical (unpaired) electrons. The lowest BCUT2D eigenvalue weighted by Crippen LogP contribution is -2.03. The van der Waals surface area contributed by atoms with E-state index >= 15 is 0 Å². The van der Waals surface area contributed by atoms with Crippen LogP contribution in [0.4, 0.5) is 21.7 Å². The van der Waals surface area contributed by atoms with Crippen LogP contribution < -0.4 is 10.6 Å². The van der Waals surface area contributed by atoms with Crippen molar-refractivity contribution in [3.8, 4) is 0 Å². The van der Waals surface area contributed by atoms with Gasteiger partial charge in [0.25, 0.3) is 0 Å². The zero-order valence-electron chi connectivity index (χ0n) is 10.6. The molecular weight excluding hydrogens is 309 g/mol. The highest BCUT2D eigenvalue weighted by molar-refractivity contribution is 9.10. The summed E-state index contributed by atoms with van der Waals surface area (Å²) in [6.07, 6.45) is 1.03. The van der Waals surface area contributed by atoms with E-state index in [1.807, 2.05) is 12.1 Å². The van der Waals surface area contributed by atoms with Gasteiger partial charge in [0.05, 0.1) is 5.69 Å². The molecule has 100 valence electrons. The Morgan fingerprint density at radius 1 is 1.16 bits per heavy atom. The molecule has 0 saturated heterocycles. The standard InChI is InChI=1S/C14H15BrFN3/c1-2-9-17-12-7-4-8-13(18-12)19-14-10(15)5-3-6-11(14)16/h3-8H,2,9H2,1H3,(H2,17,18,19). The van der Waals surface area contributed by atoms with Crippen molar-refractivity contribution < 1.29 is 4.39 Å². The van der Waals surface area contributed by atoms with E-state index in [0.29, 0.717) is 16.0 Å². The average molecular weight is 324 g/mol. The molecule has 0 aliphatic heterocycles. The molecule has 0 unspecified atom stereocenters. The largest absolute Gasteiger partial charge is 0.370 e. The van der Waals surface area contributed by atoms with E-state index in [2.05, 4.69) is 38.5 Å². The molecule has 2 aromatic rings. The molecule has 19 heavy (non-hydrogen) atoms. The fourth-order valence-corrected chi connectivity index (χ4v) is 2.04. The Labute approximate surface area is 120 Å². The summed E-state index contributed by atoms with van der Waals surface area (Å²) in [4.78, 5) is 4.38. The predicted molar refractivity (Wildman–Crippen MR) is 80.4 cm³/mol. The third-order valence-corrected chi connectivity index (χ3v) is 3.18. The van der Waals surface area contributed by atoms with E-state index in [9.17, 15) is 4.39 Å². The van der Waals surface area contributed by atoms with Gasteiger partial charge < -0.3 is 10.6 Å². The van der Waals surface area contributed by atoms with E-state index in [0.717, 1.165) is 18.8 Å². The first-order valence-corrected chi connectivity index (χ1v) is 6.92. The number of rotatable bonds is 5. The Bertz CT molecular complexity index is 540. The second-order valence-electron chi connectivity index (χ2n) is 4.06. The number of aromatic nitrogens is 1. The third kappa shape index (κ3) is 3.67. The molecule has 0 atom stereocenters. The second kappa shape index (κ2) is 6.52. The monoisotopic (exact) mass is 323 g/mol. The molecule has 0 aliphatic rings. The van der Waals surface area contributed by atoms with Crippen molar-refractivity contribution in [1.29, 1.82) is 0 Å². The van der Waals surface area contributed by atoms with Crippen molar-refractivity contribution >= 4 is 33.3 Å². The first-order chi connectivity index (χ1) is 9.20. The minimum atomic E-state index is -0.317. The Morgan fingerprint density at radius 3 is 2.63 bits per heavy atom. The van der Waals surface area contributed by atoms with Crippen LogP contribution in [0.1, 0.15) is 13.3 Å². The summed E-state index contributed by atoms with van der Waals surface area (Å²) >= 11 is 3.32. The number of hydrogen-bond acceptors (Lipinski definition) is 3. The fraction of sp³-hybridized carbons (Fsp3) is 0.214. The van der Waals surface area contributed by atoms with Crippen LogP contribution in [0.3, 0.4) is 0 Å². The van der Waals surface area contributed by atoms with Crippen molar-refractivity contribution in [2.24, 2.45) is 0 Å². The zero-order valence-corrected chi connectivity index (χ0v) is 12.2. The Balaban J connectivity index is 2.19. The maximum Gasteiger partial charge on any atom is 0.147 e. The predicted octanol–water partition coefficient (Wildman–Crippen LogP) is 4.55. The van der Waals surface area contributed by atoms with Crippen LogP contribution in [0, 0.1) is 5.82 Å². The summed E-state index contributed by atoms with van der Waals surface area (Å²) in [6, 6.07) is 10.4. The van der Waals surface area contributed by atoms with Gasteiger partial charge in [0.2, 0.25) is 0 Å². The quantitative estimate of drug-likeness (QED) is 0.847. The van der Waals surface area contributed by atoms with Gasteiger partial charge >= 0.3 is 0 Å². The summed E-state index contributed by atoms with van der Waals surface area (Å²) in [5.74, 6) is 1.06. The molecule has 0 bridgehead atoms. The Morgan fingerprint density at radius 2 is 1.89 bits per heavy atom. The fourth-order valence-electron chi connectivity index (χ4n) is 1.60. The summed E-state index contributed by atoms with van der Waals surface area (Å²) in [6.45, 7) is 2.95. The molecule has 3 nitrogen and oxygen atoms in total. The van der Waals surface area contributed by atoms with Crippen molar-refractivity contribution in [2.45, 2.75) is 13.3 Å². The van der Waals surface area contributed by atoms with E-state index in [4.69, 9.17) is 0 Å². The molecule has 0 spiro atoms. The SMILES string of the molecule is CCCNc1cccc(Nc2c(F)cccc2Br)n1. The highest BCUT2D eigenvalue weighted by Gasteiger charge is 2.07. The number of nitrogens with one attached hydrogen (secondary N) is 2. The first-order valence-electron chi connectivity index (χ1n) is 6.12. The van der Waals surface area contributed by atoms with Gasteiger partial charge in [-0.15, -0.1) is 0 Å². The van der Waals surface area contributed by atoms with Crippen LogP contribution >= 0.6 is 15.9 Å². The van der Waals surface area contributed by atoms with Gasteiger partial charge in [-0.05, 0) is 46.6 Å². The zero-order chi connectivity index (χ0) is 13.7. The normalized spacial score (nSPS) is 10.3. The van der Waals surface area contributed by atoms with Crippen LogP contribution in [0.2, 0.25) is 0 Å². The minimum Gasteiger partial charge on any atom is -0.370 e. The molecule has 2 N–H and O–H groups in total. The van der Waals surface area contributed by atoms with Crippen molar-refractivity contribution in [3.05, 3.63) is 46.7 Å². The van der Waals surface area contributed by atoms with Gasteiger partial charge in [-0.25, -0.2) is 9.37 Å². The van der Waals surface area contributed by atoms with Crippen molar-refractivity contribution in [1.82, 2.24) is 4.98 Å². The topological polar surface area (TPSA) is 37.0 Å². The number of benzene rings is 1. The average Bonchev–Trinajstić information content (AvgIpc) is 2.41. The van der Waals surface area contributed by atoms with Crippen LogP contribution in [0.15, 0.2) is 40.9 Å². The molecule has 0 fully saturated rings. The lowest BCUT2D eigenvalue weighted by molar-refractivity contribution is 0.631. The smallest absolute Gasteiger partial charge is 0.147 e. The van der Waals surface area contributed by atoms with E-state index in [1.165, 1.54) is 6.07 Å². The van der Waals surface area contributed by atoms with Gasteiger partial charge in [0.15, 0.2) is 0 Å². The minimum absolute atomic E-state index is 0.317. The van der Waals surface area contributed by atoms with Crippen LogP contribution in [0.25, 0.3) is 0 Å². The van der Waals surface area contributed by atoms with Crippen LogP contribution in [0.5, 0.6) is 0 Å². The number of nitrogens with zero attached hydrogens (tertiary/aromatic N) is 1. The van der Waals surface area contributed by atoms with Crippen molar-refractivity contribution in [2.75, 3.05) is 17.2 Å². The highest BCUT2D eigenvalue weighted by Crippen LogP contribution is 2.28. The van der Waals surface area contributed by atoms with Gasteiger partial charge in [-0.3, -0.25) is 0 Å². The molecular formula is C14H15BrFN3. The second-order valence-corrected chi connectivity index (χ2v) is 4.91. The molecule has 0 amide bonds. The van der Waals surface area contributed by atoms with Gasteiger partial charge in [-0.2, -0.15) is 0 Å². The van der Waals surface area contributed by atoms with E-state index in [1.54, 1.807) is 18.2 Å². The number of anilines is 3. The van der Waals surface area contributed by atoms with E-state index in [-0.39, 0.29) is 5.82 Å². The van der Waals surface area contributed by atoms with Gasteiger partial charge in [-0.1, -0.05) is 19.1 Å². The number of halogens is 2. The first kappa shape index (κ1) is 13.8. The summed E-state index contributed by atoms with van der Waals surface area (Å²) in [5.41, 5.74) is 0.391. The molecule has 1 heterocycles. The number of pyridine rings is 1. The summed E-state index contributed by atoms with van der Waals surface area (Å²) in [7, 11) is 0. The van der Waals surface area contributed by atoms with Gasteiger partial charge in [0, 0.05) is 11.0 Å². The third-order valence-electron chi connectivity index (χ3n) is 2.52. The maximum atomic E-state index is 13.7. The Kier molecular flexibility index (Phi) is 4.74. The van der Waals surface area contributed by atoms with Crippen LogP contribution in [-0.4, -0.2) is 11.5 Å². The Hall–Kier alpha value is -1.62. The number of para-hydroxylation sites is 1. The lowest BCUT2D eigenvalue weighted by atomic mass is 10.3. The lowest BCUT2D eigenvalue weighted by Gasteiger charge is -2.10. The summed E-state index contributed by atoms with van der Waals surface area (Å²) in [5, 5.41) is 6.18. The molecule has 0 aliphatic carbocycles.